The molecule has 0 aliphatic heterocycles. The van der Waals surface area contributed by atoms with Gasteiger partial charge in [-0.25, -0.2) is 0 Å². The van der Waals surface area contributed by atoms with Crippen molar-refractivity contribution in [1.82, 2.24) is 9.78 Å². The van der Waals surface area contributed by atoms with E-state index in [2.05, 4.69) is 9.84 Å². The molecule has 7 heteroatoms. The van der Waals surface area contributed by atoms with Crippen LogP contribution in [0.15, 0.2) is 36.7 Å². The van der Waals surface area contributed by atoms with Crippen molar-refractivity contribution in [2.75, 3.05) is 7.11 Å². The number of hydrogen-bond acceptors (Lipinski definition) is 4. The van der Waals surface area contributed by atoms with Crippen molar-refractivity contribution >= 4 is 11.9 Å². The van der Waals surface area contributed by atoms with Crippen LogP contribution in [0.3, 0.4) is 0 Å². The van der Waals surface area contributed by atoms with Crippen molar-refractivity contribution in [3.05, 3.63) is 47.8 Å². The van der Waals surface area contributed by atoms with Crippen LogP contribution >= 0.6 is 0 Å². The molecule has 1 aromatic carbocycles. The van der Waals surface area contributed by atoms with E-state index >= 15 is 0 Å². The molecule has 1 heterocycles. The summed E-state index contributed by atoms with van der Waals surface area (Å²) in [5, 5.41) is 4.11. The summed E-state index contributed by atoms with van der Waals surface area (Å²) in [6.07, 6.45) is 6.15. The number of carbonyl (C=O) groups excluding carboxylic acids is 1. The van der Waals surface area contributed by atoms with Crippen LogP contribution < -0.4 is 9.47 Å². The van der Waals surface area contributed by atoms with Gasteiger partial charge in [0.25, 0.3) is 0 Å². The maximum absolute atomic E-state index is 12.3. The number of alkyl halides is 2. The molecule has 0 amide bonds. The Balaban J connectivity index is 2.14. The number of benzene rings is 1. The smallest absolute Gasteiger partial charge is 0.387 e. The fourth-order valence-electron chi connectivity index (χ4n) is 2.00. The molecule has 0 radical (unpaired) electrons. The minimum atomic E-state index is -2.93. The van der Waals surface area contributed by atoms with Crippen LogP contribution in [0.25, 0.3) is 6.08 Å². The number of methoxy groups -OCH3 is 1. The number of ether oxygens (including phenoxy) is 2. The first-order valence-electron chi connectivity index (χ1n) is 7.30. The van der Waals surface area contributed by atoms with E-state index in [-0.39, 0.29) is 23.3 Å². The fourth-order valence-corrected chi connectivity index (χ4v) is 2.00. The molecule has 5 nitrogen and oxygen atoms in total. The summed E-state index contributed by atoms with van der Waals surface area (Å²) >= 11 is 0. The van der Waals surface area contributed by atoms with E-state index in [9.17, 15) is 13.6 Å². The first-order chi connectivity index (χ1) is 11.4. The molecule has 128 valence electrons. The molecule has 0 spiro atoms. The van der Waals surface area contributed by atoms with Gasteiger partial charge in [0, 0.05) is 12.2 Å². The van der Waals surface area contributed by atoms with Gasteiger partial charge in [0.2, 0.25) is 0 Å². The highest BCUT2D eigenvalue weighted by atomic mass is 19.3. The quantitative estimate of drug-likeness (QED) is 0.567. The Labute approximate surface area is 138 Å². The largest absolute Gasteiger partial charge is 0.493 e. The molecule has 0 unspecified atom stereocenters. The minimum absolute atomic E-state index is 0.0609. The third-order valence-electron chi connectivity index (χ3n) is 3.25. The van der Waals surface area contributed by atoms with E-state index in [0.29, 0.717) is 11.1 Å². The summed E-state index contributed by atoms with van der Waals surface area (Å²) in [5.41, 5.74) is 1.10. The predicted molar refractivity (Wildman–Crippen MR) is 85.6 cm³/mol. The van der Waals surface area contributed by atoms with Gasteiger partial charge in [-0.1, -0.05) is 12.1 Å². The molecule has 0 aliphatic rings. The van der Waals surface area contributed by atoms with Crippen molar-refractivity contribution < 1.29 is 23.0 Å². The van der Waals surface area contributed by atoms with Crippen LogP contribution in [-0.2, 0) is 0 Å². The van der Waals surface area contributed by atoms with Crippen LogP contribution in [-0.4, -0.2) is 29.3 Å². The molecule has 1 aromatic heterocycles. The van der Waals surface area contributed by atoms with Gasteiger partial charge in [0.1, 0.15) is 0 Å². The highest BCUT2D eigenvalue weighted by Gasteiger charge is 2.11. The van der Waals surface area contributed by atoms with Gasteiger partial charge in [-0.15, -0.1) is 0 Å². The summed E-state index contributed by atoms with van der Waals surface area (Å²) in [4.78, 5) is 12.1. The SMILES string of the molecule is COc1cc(/C=C/C(=O)c2cnn(C(C)C)c2)ccc1OC(F)F. The molecule has 0 bridgehead atoms. The number of allylic oxidation sites excluding steroid dienone is 1. The van der Waals surface area contributed by atoms with Crippen molar-refractivity contribution in [3.8, 4) is 11.5 Å². The van der Waals surface area contributed by atoms with Crippen LogP contribution in [0.1, 0.15) is 35.8 Å². The average Bonchev–Trinajstić information content (AvgIpc) is 3.03. The number of aromatic nitrogens is 2. The molecule has 0 saturated heterocycles. The Hall–Kier alpha value is -2.70. The van der Waals surface area contributed by atoms with Crippen LogP contribution in [0.4, 0.5) is 8.78 Å². The van der Waals surface area contributed by atoms with Crippen LogP contribution in [0.2, 0.25) is 0 Å². The van der Waals surface area contributed by atoms with Crippen molar-refractivity contribution in [2.45, 2.75) is 26.5 Å². The van der Waals surface area contributed by atoms with E-state index < -0.39 is 6.61 Å². The second-order valence-corrected chi connectivity index (χ2v) is 5.29. The number of halogens is 2. The molecule has 2 rings (SSSR count). The van der Waals surface area contributed by atoms with Gasteiger partial charge in [-0.05, 0) is 37.6 Å². The molecule has 0 saturated carbocycles. The number of rotatable bonds is 7. The normalized spacial score (nSPS) is 11.5. The minimum Gasteiger partial charge on any atom is -0.493 e. The topological polar surface area (TPSA) is 53.3 Å². The van der Waals surface area contributed by atoms with Gasteiger partial charge < -0.3 is 9.47 Å². The van der Waals surface area contributed by atoms with Crippen LogP contribution in [0, 0.1) is 0 Å². The second-order valence-electron chi connectivity index (χ2n) is 5.29. The lowest BCUT2D eigenvalue weighted by molar-refractivity contribution is -0.0512. The summed E-state index contributed by atoms with van der Waals surface area (Å²) in [5.74, 6) is -0.0968. The Bertz CT molecular complexity index is 739. The van der Waals surface area contributed by atoms with Gasteiger partial charge in [-0.2, -0.15) is 13.9 Å². The predicted octanol–water partition coefficient (Wildman–Crippen LogP) is 3.97. The monoisotopic (exact) mass is 336 g/mol. The summed E-state index contributed by atoms with van der Waals surface area (Å²) in [6, 6.07) is 4.61. The molecule has 0 atom stereocenters. The van der Waals surface area contributed by atoms with E-state index in [4.69, 9.17) is 4.74 Å². The average molecular weight is 336 g/mol. The zero-order valence-corrected chi connectivity index (χ0v) is 13.6. The first-order valence-corrected chi connectivity index (χ1v) is 7.30. The Kier molecular flexibility index (Phi) is 5.68. The number of hydrogen-bond donors (Lipinski definition) is 0. The lowest BCUT2D eigenvalue weighted by atomic mass is 10.1. The first kappa shape index (κ1) is 17.7. The Morgan fingerprint density at radius 2 is 2.04 bits per heavy atom. The van der Waals surface area contributed by atoms with Crippen molar-refractivity contribution in [1.29, 1.82) is 0 Å². The van der Waals surface area contributed by atoms with Crippen LogP contribution in [0.5, 0.6) is 11.5 Å². The fraction of sp³-hybridized carbons (Fsp3) is 0.294. The molecule has 24 heavy (non-hydrogen) atoms. The maximum atomic E-state index is 12.3. The van der Waals surface area contributed by atoms with E-state index in [1.807, 2.05) is 13.8 Å². The van der Waals surface area contributed by atoms with Gasteiger partial charge in [0.05, 0.1) is 18.9 Å². The number of carbonyl (C=O) groups is 1. The Morgan fingerprint density at radius 1 is 1.29 bits per heavy atom. The molecule has 0 N–H and O–H groups in total. The highest BCUT2D eigenvalue weighted by Crippen LogP contribution is 2.29. The van der Waals surface area contributed by atoms with E-state index in [0.717, 1.165) is 0 Å². The highest BCUT2D eigenvalue weighted by molar-refractivity contribution is 6.06. The lowest BCUT2D eigenvalue weighted by Gasteiger charge is -2.10. The molecular formula is C17H18F2N2O3. The molecule has 0 aliphatic carbocycles. The summed E-state index contributed by atoms with van der Waals surface area (Å²) < 4.78 is 35.7. The van der Waals surface area contributed by atoms with E-state index in [1.54, 1.807) is 23.0 Å². The van der Waals surface area contributed by atoms with Gasteiger partial charge in [-0.3, -0.25) is 9.48 Å². The third-order valence-corrected chi connectivity index (χ3v) is 3.25. The summed E-state index contributed by atoms with van der Waals surface area (Å²) in [7, 11) is 1.35. The number of ketones is 1. The standard InChI is InChI=1S/C17H18F2N2O3/c1-11(2)21-10-13(9-20-21)14(22)6-4-12-5-7-15(24-17(18)19)16(8-12)23-3/h4-11,17H,1-3H3/b6-4+. The molecule has 0 fully saturated rings. The summed E-state index contributed by atoms with van der Waals surface area (Å²) in [6.45, 7) is 0.998. The van der Waals surface area contributed by atoms with Gasteiger partial charge in [0.15, 0.2) is 17.3 Å². The maximum Gasteiger partial charge on any atom is 0.387 e. The molecular weight excluding hydrogens is 318 g/mol. The lowest BCUT2D eigenvalue weighted by Crippen LogP contribution is -2.03. The number of nitrogens with zero attached hydrogens (tertiary/aromatic N) is 2. The van der Waals surface area contributed by atoms with E-state index in [1.165, 1.54) is 31.5 Å². The molecule has 2 aromatic rings. The van der Waals surface area contributed by atoms with Crippen molar-refractivity contribution in [3.63, 3.8) is 0 Å². The zero-order valence-electron chi connectivity index (χ0n) is 13.6. The zero-order chi connectivity index (χ0) is 17.7. The van der Waals surface area contributed by atoms with Crippen molar-refractivity contribution in [2.24, 2.45) is 0 Å². The Morgan fingerprint density at radius 3 is 2.62 bits per heavy atom. The van der Waals surface area contributed by atoms with Gasteiger partial charge >= 0.3 is 6.61 Å². The second kappa shape index (κ2) is 7.72. The third kappa shape index (κ3) is 4.41.